The summed E-state index contributed by atoms with van der Waals surface area (Å²) in [6.45, 7) is 0. The number of hydrogen-bond acceptors (Lipinski definition) is 6. The van der Waals surface area contributed by atoms with E-state index in [2.05, 4.69) is 127 Å². The van der Waals surface area contributed by atoms with Gasteiger partial charge < -0.3 is 0 Å². The van der Waals surface area contributed by atoms with Crippen LogP contribution in [0, 0.1) is 11.3 Å². The Kier molecular flexibility index (Phi) is 10.5. The van der Waals surface area contributed by atoms with Crippen molar-refractivity contribution < 1.29 is 0 Å². The first-order chi connectivity index (χ1) is 32.6. The zero-order valence-electron chi connectivity index (χ0n) is 35.6. The van der Waals surface area contributed by atoms with Crippen LogP contribution in [-0.4, -0.2) is 24.9 Å². The van der Waals surface area contributed by atoms with Crippen LogP contribution in [0.1, 0.15) is 5.56 Å². The number of para-hydroxylation sites is 1. The van der Waals surface area contributed by atoms with Crippen LogP contribution in [0.5, 0.6) is 0 Å². The fourth-order valence-corrected chi connectivity index (χ4v) is 8.43. The maximum Gasteiger partial charge on any atom is 0.164 e. The highest BCUT2D eigenvalue weighted by molar-refractivity contribution is 5.99. The lowest BCUT2D eigenvalue weighted by Gasteiger charge is -2.16. The number of aromatic nitrogens is 5. The van der Waals surface area contributed by atoms with Gasteiger partial charge in [-0.1, -0.05) is 194 Å². The standard InChI is InChI=1S/C60H38N6/c61-39-40-15-12-22-46(35-40)47-23-13-24-48(36-47)49-25-14-26-51(37-49)60-65-58(44-20-8-3-9-21-44)64-59(66-60)45-31-29-42(30-32-45)52-34-33-50(41-16-4-1-5-17-41)38-54(52)56-53-27-10-11-28-55(53)62-57(63-56)43-18-6-2-7-19-43/h1-38H. The minimum absolute atomic E-state index is 0.573. The highest BCUT2D eigenvalue weighted by Crippen LogP contribution is 2.40. The molecule has 308 valence electrons. The van der Waals surface area contributed by atoms with Crippen LogP contribution >= 0.6 is 0 Å². The topological polar surface area (TPSA) is 88.2 Å². The third-order valence-corrected chi connectivity index (χ3v) is 11.8. The monoisotopic (exact) mass is 842 g/mol. The fourth-order valence-electron chi connectivity index (χ4n) is 8.43. The van der Waals surface area contributed by atoms with E-state index in [0.717, 1.165) is 88.9 Å². The van der Waals surface area contributed by atoms with Gasteiger partial charge in [0.2, 0.25) is 0 Å². The van der Waals surface area contributed by atoms with Crippen LogP contribution in [0.3, 0.4) is 0 Å². The molecule has 6 heteroatoms. The summed E-state index contributed by atoms with van der Waals surface area (Å²) in [5.74, 6) is 2.42. The number of hydrogen-bond donors (Lipinski definition) is 0. The maximum absolute atomic E-state index is 9.51. The van der Waals surface area contributed by atoms with E-state index in [1.807, 2.05) is 109 Å². The minimum Gasteiger partial charge on any atom is -0.228 e. The van der Waals surface area contributed by atoms with Crippen molar-refractivity contribution in [2.24, 2.45) is 0 Å². The number of nitrogens with zero attached hydrogens (tertiary/aromatic N) is 6. The number of rotatable bonds is 9. The van der Waals surface area contributed by atoms with Crippen molar-refractivity contribution in [3.63, 3.8) is 0 Å². The van der Waals surface area contributed by atoms with E-state index >= 15 is 0 Å². The van der Waals surface area contributed by atoms with Crippen molar-refractivity contribution in [2.45, 2.75) is 0 Å². The minimum atomic E-state index is 0.573. The molecule has 0 N–H and O–H groups in total. The quantitative estimate of drug-likeness (QED) is 0.144. The molecule has 2 aromatic heterocycles. The van der Waals surface area contributed by atoms with Gasteiger partial charge in [0.25, 0.3) is 0 Å². The van der Waals surface area contributed by atoms with Crippen molar-refractivity contribution in [1.29, 1.82) is 5.26 Å². The molecule has 0 aliphatic heterocycles. The third kappa shape index (κ3) is 8.01. The second kappa shape index (κ2) is 17.5. The van der Waals surface area contributed by atoms with Crippen molar-refractivity contribution in [1.82, 2.24) is 24.9 Å². The zero-order chi connectivity index (χ0) is 44.2. The van der Waals surface area contributed by atoms with Crippen molar-refractivity contribution in [2.75, 3.05) is 0 Å². The van der Waals surface area contributed by atoms with Crippen LogP contribution in [0.2, 0.25) is 0 Å². The molecule has 0 saturated carbocycles. The van der Waals surface area contributed by atoms with Crippen LogP contribution in [-0.2, 0) is 0 Å². The lowest BCUT2D eigenvalue weighted by Crippen LogP contribution is -2.00. The summed E-state index contributed by atoms with van der Waals surface area (Å²) in [5.41, 5.74) is 15.4. The van der Waals surface area contributed by atoms with Gasteiger partial charge >= 0.3 is 0 Å². The molecule has 0 spiro atoms. The van der Waals surface area contributed by atoms with E-state index in [1.165, 1.54) is 0 Å². The Bertz CT molecular complexity index is 3580. The van der Waals surface area contributed by atoms with Crippen molar-refractivity contribution in [3.8, 4) is 107 Å². The molecule has 0 unspecified atom stereocenters. The third-order valence-electron chi connectivity index (χ3n) is 11.8. The predicted molar refractivity (Wildman–Crippen MR) is 267 cm³/mol. The Balaban J connectivity index is 1.01. The molecule has 11 rings (SSSR count). The Morgan fingerprint density at radius 1 is 0.273 bits per heavy atom. The van der Waals surface area contributed by atoms with Gasteiger partial charge in [-0.3, -0.25) is 0 Å². The number of benzene rings is 9. The summed E-state index contributed by atoms with van der Waals surface area (Å²) in [6.07, 6.45) is 0. The van der Waals surface area contributed by atoms with Gasteiger partial charge in [-0.15, -0.1) is 0 Å². The normalized spacial score (nSPS) is 11.0. The smallest absolute Gasteiger partial charge is 0.164 e. The van der Waals surface area contributed by atoms with Crippen LogP contribution in [0.4, 0.5) is 0 Å². The molecule has 66 heavy (non-hydrogen) atoms. The largest absolute Gasteiger partial charge is 0.228 e. The van der Waals surface area contributed by atoms with Gasteiger partial charge in [-0.2, -0.15) is 5.26 Å². The summed E-state index contributed by atoms with van der Waals surface area (Å²) >= 11 is 0. The van der Waals surface area contributed by atoms with Crippen molar-refractivity contribution >= 4 is 10.9 Å². The molecule has 2 heterocycles. The van der Waals surface area contributed by atoms with E-state index in [4.69, 9.17) is 24.9 Å². The summed E-state index contributed by atoms with van der Waals surface area (Å²) in [7, 11) is 0. The molecular formula is C60H38N6. The molecule has 0 aliphatic carbocycles. The van der Waals surface area contributed by atoms with Gasteiger partial charge in [-0.05, 0) is 80.9 Å². The van der Waals surface area contributed by atoms with E-state index in [9.17, 15) is 5.26 Å². The summed E-state index contributed by atoms with van der Waals surface area (Å²) in [4.78, 5) is 25.6. The first-order valence-electron chi connectivity index (χ1n) is 21.8. The molecule has 0 amide bonds. The first kappa shape index (κ1) is 39.7. The molecule has 0 fully saturated rings. The van der Waals surface area contributed by atoms with E-state index < -0.39 is 0 Å². The average molecular weight is 843 g/mol. The Morgan fingerprint density at radius 3 is 1.32 bits per heavy atom. The highest BCUT2D eigenvalue weighted by atomic mass is 15.0. The molecule has 9 aromatic carbocycles. The van der Waals surface area contributed by atoms with E-state index in [-0.39, 0.29) is 0 Å². The van der Waals surface area contributed by atoms with Gasteiger partial charge in [-0.25, -0.2) is 24.9 Å². The number of fused-ring (bicyclic) bond motifs is 1. The molecule has 6 nitrogen and oxygen atoms in total. The van der Waals surface area contributed by atoms with Crippen molar-refractivity contribution in [3.05, 3.63) is 236 Å². The molecule has 0 radical (unpaired) electrons. The van der Waals surface area contributed by atoms with Gasteiger partial charge in [0.15, 0.2) is 23.3 Å². The maximum atomic E-state index is 9.51. The van der Waals surface area contributed by atoms with Gasteiger partial charge in [0, 0.05) is 33.2 Å². The number of nitriles is 1. The van der Waals surface area contributed by atoms with E-state index in [1.54, 1.807) is 0 Å². The average Bonchev–Trinajstić information content (AvgIpc) is 3.41. The molecule has 0 aliphatic rings. The molecule has 11 aromatic rings. The Hall–Kier alpha value is -9.18. The van der Waals surface area contributed by atoms with Crippen LogP contribution in [0.15, 0.2) is 231 Å². The van der Waals surface area contributed by atoms with Crippen LogP contribution in [0.25, 0.3) is 112 Å². The first-order valence-corrected chi connectivity index (χ1v) is 21.8. The highest BCUT2D eigenvalue weighted by Gasteiger charge is 2.18. The molecule has 0 bridgehead atoms. The lowest BCUT2D eigenvalue weighted by atomic mass is 9.91. The second-order valence-corrected chi connectivity index (χ2v) is 16.0. The molecule has 0 saturated heterocycles. The fraction of sp³-hybridized carbons (Fsp3) is 0. The van der Waals surface area contributed by atoms with Gasteiger partial charge in [0.05, 0.1) is 22.8 Å². The van der Waals surface area contributed by atoms with Gasteiger partial charge in [0.1, 0.15) is 0 Å². The lowest BCUT2D eigenvalue weighted by molar-refractivity contribution is 1.07. The van der Waals surface area contributed by atoms with E-state index in [0.29, 0.717) is 28.9 Å². The SMILES string of the molecule is N#Cc1cccc(-c2cccc(-c3cccc(-c4nc(-c5ccccc5)nc(-c5ccc(-c6ccc(-c7ccccc7)cc6-c6nc(-c7ccccc7)nc7ccccc67)cc5)n4)c3)c2)c1. The summed E-state index contributed by atoms with van der Waals surface area (Å²) in [5, 5.41) is 10.5. The Morgan fingerprint density at radius 2 is 0.697 bits per heavy atom. The Labute approximate surface area is 382 Å². The molecule has 0 atom stereocenters. The second-order valence-electron chi connectivity index (χ2n) is 16.0. The summed E-state index contributed by atoms with van der Waals surface area (Å²) in [6, 6.07) is 80.6. The zero-order valence-corrected chi connectivity index (χ0v) is 35.6. The molecular weight excluding hydrogens is 805 g/mol. The summed E-state index contributed by atoms with van der Waals surface area (Å²) < 4.78 is 0. The van der Waals surface area contributed by atoms with Crippen LogP contribution < -0.4 is 0 Å². The predicted octanol–water partition coefficient (Wildman–Crippen LogP) is 14.7.